The number of terminal acetylenes is 1. The number of benzene rings is 2. The summed E-state index contributed by atoms with van der Waals surface area (Å²) in [7, 11) is 2.10. The maximum absolute atomic E-state index is 5.69. The Kier molecular flexibility index (Phi) is 3.56. The second kappa shape index (κ2) is 5.97. The molecule has 1 aliphatic carbocycles. The minimum Gasteiger partial charge on any atom is -0.358 e. The zero-order valence-electron chi connectivity index (χ0n) is 15.6. The summed E-state index contributed by atoms with van der Waals surface area (Å²) < 4.78 is 0. The molecule has 0 amide bonds. The first-order valence-electron chi connectivity index (χ1n) is 9.32. The summed E-state index contributed by atoms with van der Waals surface area (Å²) in [5.74, 6) is 2.91. The van der Waals surface area contributed by atoms with Crippen molar-refractivity contribution in [3.05, 3.63) is 65.5 Å². The predicted octanol–water partition coefficient (Wildman–Crippen LogP) is 4.85. The van der Waals surface area contributed by atoms with Crippen LogP contribution in [0.2, 0.25) is 0 Å². The molecular weight excluding hydrogens is 330 g/mol. The number of rotatable bonds is 0. The molecule has 2 aromatic heterocycles. The Bertz CT molecular complexity index is 1210. The standard InChI is InChI=1S/C15H16N2.C9H5N/c1-4-14-15-11-9-10(2)5-6-12(11)16-13(15)7-8-17(14)3;1-2-7-6-4-8(7)9(3-1)10-5-6/h1,5-6,9,14,16H,7-8H2,2-3H3;1-5H. The molecule has 3 heteroatoms. The summed E-state index contributed by atoms with van der Waals surface area (Å²) in [5.41, 5.74) is 8.87. The Morgan fingerprint density at radius 1 is 1.19 bits per heavy atom. The van der Waals surface area contributed by atoms with E-state index >= 15 is 0 Å². The van der Waals surface area contributed by atoms with Gasteiger partial charge in [0.2, 0.25) is 0 Å². The van der Waals surface area contributed by atoms with Crippen LogP contribution in [0, 0.1) is 19.3 Å². The highest BCUT2D eigenvalue weighted by Gasteiger charge is 2.26. The predicted molar refractivity (Wildman–Crippen MR) is 112 cm³/mol. The van der Waals surface area contributed by atoms with Gasteiger partial charge in [-0.05, 0) is 43.8 Å². The van der Waals surface area contributed by atoms with Crippen LogP contribution in [0.4, 0.5) is 0 Å². The van der Waals surface area contributed by atoms with Crippen molar-refractivity contribution in [1.29, 1.82) is 0 Å². The maximum atomic E-state index is 5.69. The van der Waals surface area contributed by atoms with E-state index in [1.165, 1.54) is 44.2 Å². The van der Waals surface area contributed by atoms with E-state index in [1.807, 2.05) is 12.3 Å². The number of H-pyrrole nitrogens is 1. The monoisotopic (exact) mass is 351 g/mol. The molecule has 4 aromatic rings. The number of fused-ring (bicyclic) bond motifs is 5. The van der Waals surface area contributed by atoms with Gasteiger partial charge in [-0.1, -0.05) is 29.7 Å². The Balaban J connectivity index is 0.000000135. The first-order valence-corrected chi connectivity index (χ1v) is 9.32. The minimum atomic E-state index is 0.106. The molecule has 1 aliphatic heterocycles. The number of aryl methyl sites for hydroxylation is 1. The number of hydrogen-bond acceptors (Lipinski definition) is 2. The second-order valence-corrected chi connectivity index (χ2v) is 7.46. The molecule has 3 heterocycles. The highest BCUT2D eigenvalue weighted by molar-refractivity contribution is 6.04. The van der Waals surface area contributed by atoms with Gasteiger partial charge in [-0.3, -0.25) is 9.88 Å². The molecule has 27 heavy (non-hydrogen) atoms. The van der Waals surface area contributed by atoms with Crippen molar-refractivity contribution >= 4 is 21.8 Å². The second-order valence-electron chi connectivity index (χ2n) is 7.46. The molecule has 6 rings (SSSR count). The van der Waals surface area contributed by atoms with Crippen LogP contribution in [0.5, 0.6) is 0 Å². The molecule has 1 unspecified atom stereocenters. The molecule has 2 aliphatic rings. The van der Waals surface area contributed by atoms with E-state index in [1.54, 1.807) is 0 Å². The van der Waals surface area contributed by atoms with Crippen molar-refractivity contribution in [2.24, 2.45) is 0 Å². The maximum Gasteiger partial charge on any atom is 0.0989 e. The van der Waals surface area contributed by atoms with E-state index in [0.717, 1.165) is 18.5 Å². The zero-order chi connectivity index (χ0) is 18.5. The van der Waals surface area contributed by atoms with Crippen molar-refractivity contribution in [2.45, 2.75) is 19.4 Å². The number of likely N-dealkylation sites (N-methyl/N-ethyl adjacent to an activating group) is 1. The average Bonchev–Trinajstić information content (AvgIpc) is 3.03. The van der Waals surface area contributed by atoms with Gasteiger partial charge in [0.05, 0.1) is 11.6 Å². The molecule has 2 bridgehead atoms. The van der Waals surface area contributed by atoms with Crippen molar-refractivity contribution in [2.75, 3.05) is 13.6 Å². The van der Waals surface area contributed by atoms with Gasteiger partial charge in [0.15, 0.2) is 0 Å². The van der Waals surface area contributed by atoms with E-state index in [0.29, 0.717) is 0 Å². The molecular formula is C24H21N3. The molecule has 0 fully saturated rings. The molecule has 0 spiro atoms. The highest BCUT2D eigenvalue weighted by atomic mass is 15.1. The van der Waals surface area contributed by atoms with Gasteiger partial charge in [-0.25, -0.2) is 0 Å². The number of aromatic nitrogens is 2. The van der Waals surface area contributed by atoms with Gasteiger partial charge in [-0.2, -0.15) is 0 Å². The molecule has 1 N–H and O–H groups in total. The van der Waals surface area contributed by atoms with Gasteiger partial charge in [0.25, 0.3) is 0 Å². The number of aromatic amines is 1. The lowest BCUT2D eigenvalue weighted by molar-refractivity contribution is 0.280. The summed E-state index contributed by atoms with van der Waals surface area (Å²) in [4.78, 5) is 9.99. The molecule has 0 radical (unpaired) electrons. The highest BCUT2D eigenvalue weighted by Crippen LogP contribution is 2.37. The van der Waals surface area contributed by atoms with Crippen LogP contribution in [0.25, 0.3) is 32.9 Å². The molecule has 132 valence electrons. The van der Waals surface area contributed by atoms with Gasteiger partial charge >= 0.3 is 0 Å². The normalized spacial score (nSPS) is 17.1. The topological polar surface area (TPSA) is 31.9 Å². The van der Waals surface area contributed by atoms with Gasteiger partial charge in [-0.15, -0.1) is 6.42 Å². The summed E-state index contributed by atoms with van der Waals surface area (Å²) in [6.07, 6.45) is 8.67. The lowest BCUT2D eigenvalue weighted by atomic mass is 9.92. The average molecular weight is 351 g/mol. The van der Waals surface area contributed by atoms with Crippen LogP contribution >= 0.6 is 0 Å². The van der Waals surface area contributed by atoms with Gasteiger partial charge in [0.1, 0.15) is 0 Å². The number of pyridine rings is 2. The summed E-state index contributed by atoms with van der Waals surface area (Å²) in [6.45, 7) is 3.14. The smallest absolute Gasteiger partial charge is 0.0989 e. The van der Waals surface area contributed by atoms with E-state index in [9.17, 15) is 0 Å². The SMILES string of the molecule is C#CC1c2c([nH]c3ccc(C)cc23)CCN1C.c1cc2c3cc-2cnc3c1. The van der Waals surface area contributed by atoms with E-state index in [4.69, 9.17) is 6.42 Å². The Hall–Kier alpha value is -3.09. The van der Waals surface area contributed by atoms with E-state index < -0.39 is 0 Å². The summed E-state index contributed by atoms with van der Waals surface area (Å²) in [6, 6.07) is 15.0. The van der Waals surface area contributed by atoms with Crippen LogP contribution < -0.4 is 0 Å². The molecule has 0 saturated heterocycles. The fourth-order valence-electron chi connectivity index (χ4n) is 4.21. The third-order valence-corrected chi connectivity index (χ3v) is 5.70. The van der Waals surface area contributed by atoms with Crippen LogP contribution in [-0.4, -0.2) is 28.5 Å². The lowest BCUT2D eigenvalue weighted by Crippen LogP contribution is -2.30. The van der Waals surface area contributed by atoms with Crippen LogP contribution in [0.3, 0.4) is 0 Å². The molecule has 1 atom stereocenters. The van der Waals surface area contributed by atoms with Crippen LogP contribution in [0.15, 0.2) is 48.7 Å². The van der Waals surface area contributed by atoms with E-state index in [2.05, 4.69) is 71.2 Å². The van der Waals surface area contributed by atoms with Crippen molar-refractivity contribution in [3.63, 3.8) is 0 Å². The van der Waals surface area contributed by atoms with Crippen molar-refractivity contribution in [1.82, 2.24) is 14.9 Å². The van der Waals surface area contributed by atoms with Crippen LogP contribution in [-0.2, 0) is 6.42 Å². The lowest BCUT2D eigenvalue weighted by Gasteiger charge is -2.29. The third-order valence-electron chi connectivity index (χ3n) is 5.70. The molecule has 3 nitrogen and oxygen atoms in total. The zero-order valence-corrected chi connectivity index (χ0v) is 15.6. The number of nitrogens with zero attached hydrogens (tertiary/aromatic N) is 2. The fraction of sp³-hybridized carbons (Fsp3) is 0.208. The van der Waals surface area contributed by atoms with Crippen molar-refractivity contribution in [3.8, 4) is 23.5 Å². The third kappa shape index (κ3) is 2.45. The summed E-state index contributed by atoms with van der Waals surface area (Å²) >= 11 is 0. The van der Waals surface area contributed by atoms with Gasteiger partial charge < -0.3 is 4.98 Å². The first kappa shape index (κ1) is 16.1. The first-order chi connectivity index (χ1) is 13.2. The Morgan fingerprint density at radius 3 is 2.81 bits per heavy atom. The molecule has 2 aromatic carbocycles. The number of nitrogens with one attached hydrogen (secondary N) is 1. The Labute approximate surface area is 159 Å². The fourth-order valence-corrected chi connectivity index (χ4v) is 4.21. The van der Waals surface area contributed by atoms with Crippen molar-refractivity contribution < 1.29 is 0 Å². The largest absolute Gasteiger partial charge is 0.358 e. The minimum absolute atomic E-state index is 0.106. The Morgan fingerprint density at radius 2 is 2.07 bits per heavy atom. The van der Waals surface area contributed by atoms with E-state index in [-0.39, 0.29) is 6.04 Å². The summed E-state index contributed by atoms with van der Waals surface area (Å²) in [5, 5.41) is 2.61. The molecule has 0 saturated carbocycles. The van der Waals surface area contributed by atoms with Gasteiger partial charge in [0, 0.05) is 52.3 Å². The van der Waals surface area contributed by atoms with Crippen LogP contribution in [0.1, 0.15) is 22.9 Å². The number of hydrogen-bond donors (Lipinski definition) is 1. The quantitative estimate of drug-likeness (QED) is 0.404.